The molecule has 28 heavy (non-hydrogen) atoms. The number of aliphatic carboxylic acids is 1. The number of unbranched alkanes of at least 4 members (excludes halogenated alkanes) is 3. The summed E-state index contributed by atoms with van der Waals surface area (Å²) in [4.78, 5) is 11.4. The molecule has 0 heterocycles. The molecule has 2 atom stereocenters. The Morgan fingerprint density at radius 3 is 2.57 bits per heavy atom. The van der Waals surface area contributed by atoms with Crippen molar-refractivity contribution in [2.24, 2.45) is 5.92 Å². The van der Waals surface area contributed by atoms with E-state index >= 15 is 0 Å². The molecule has 0 bridgehead atoms. The van der Waals surface area contributed by atoms with Crippen LogP contribution in [-0.4, -0.2) is 27.9 Å². The van der Waals surface area contributed by atoms with E-state index in [1.807, 2.05) is 12.1 Å². The predicted molar refractivity (Wildman–Crippen MR) is 113 cm³/mol. The molecule has 3 N–H and O–H groups in total. The summed E-state index contributed by atoms with van der Waals surface area (Å²) in [6.07, 6.45) is 9.37. The Kier molecular flexibility index (Phi) is 8.11. The van der Waals surface area contributed by atoms with Crippen molar-refractivity contribution in [1.82, 2.24) is 0 Å². The number of aliphatic hydroxyl groups excluding tert-OH is 1. The topological polar surface area (TPSA) is 77.8 Å². The number of aliphatic hydroxyl groups is 1. The highest BCUT2D eigenvalue weighted by Crippen LogP contribution is 2.44. The zero-order valence-electron chi connectivity index (χ0n) is 17.6. The second kappa shape index (κ2) is 10.1. The maximum absolute atomic E-state index is 11.4. The molecule has 0 unspecified atom stereocenters. The first-order valence-electron chi connectivity index (χ1n) is 10.7. The standard InChI is InChI=1S/C24H36O4/c1-4-5-6-7-13-24(2,3)19-10-11-20(22(26)16-19)21-15-18(23(27)28)9-8-17(21)12-14-25/h9-11,16-17,21,25-26H,4-8,12-15H2,1-3H3,(H,27,28)/t17-,21+/m0/s1. The third-order valence-corrected chi connectivity index (χ3v) is 6.32. The van der Waals surface area contributed by atoms with Crippen LogP contribution in [0.25, 0.3) is 0 Å². The van der Waals surface area contributed by atoms with Crippen LogP contribution in [0.3, 0.4) is 0 Å². The summed E-state index contributed by atoms with van der Waals surface area (Å²) in [5.74, 6) is -0.577. The van der Waals surface area contributed by atoms with Crippen molar-refractivity contribution >= 4 is 5.97 Å². The quantitative estimate of drug-likeness (QED) is 0.461. The maximum atomic E-state index is 11.4. The van der Waals surface area contributed by atoms with Gasteiger partial charge in [0, 0.05) is 12.2 Å². The van der Waals surface area contributed by atoms with Crippen molar-refractivity contribution < 1.29 is 20.1 Å². The van der Waals surface area contributed by atoms with E-state index in [2.05, 4.69) is 26.8 Å². The van der Waals surface area contributed by atoms with Gasteiger partial charge < -0.3 is 15.3 Å². The Morgan fingerprint density at radius 1 is 1.21 bits per heavy atom. The predicted octanol–water partition coefficient (Wildman–Crippen LogP) is 5.53. The Morgan fingerprint density at radius 2 is 1.96 bits per heavy atom. The van der Waals surface area contributed by atoms with Gasteiger partial charge in [0.05, 0.1) is 0 Å². The lowest BCUT2D eigenvalue weighted by atomic mass is 9.73. The van der Waals surface area contributed by atoms with Crippen LogP contribution in [0.15, 0.2) is 29.8 Å². The lowest BCUT2D eigenvalue weighted by Crippen LogP contribution is -2.22. The molecule has 156 valence electrons. The summed E-state index contributed by atoms with van der Waals surface area (Å²) in [5, 5.41) is 29.6. The van der Waals surface area contributed by atoms with Gasteiger partial charge in [0.25, 0.3) is 0 Å². The molecule has 0 saturated heterocycles. The molecule has 2 rings (SSSR count). The zero-order chi connectivity index (χ0) is 20.7. The third-order valence-electron chi connectivity index (χ3n) is 6.32. The number of rotatable bonds is 10. The number of carboxylic acids is 1. The van der Waals surface area contributed by atoms with Crippen LogP contribution >= 0.6 is 0 Å². The summed E-state index contributed by atoms with van der Waals surface area (Å²) in [5.41, 5.74) is 2.32. The first kappa shape index (κ1) is 22.5. The Bertz CT molecular complexity index is 690. The van der Waals surface area contributed by atoms with Gasteiger partial charge in [0.15, 0.2) is 0 Å². The molecule has 4 nitrogen and oxygen atoms in total. The van der Waals surface area contributed by atoms with E-state index in [-0.39, 0.29) is 29.6 Å². The number of hydrogen-bond acceptors (Lipinski definition) is 3. The van der Waals surface area contributed by atoms with Crippen molar-refractivity contribution in [2.75, 3.05) is 6.61 Å². The first-order valence-corrected chi connectivity index (χ1v) is 10.7. The first-order chi connectivity index (χ1) is 13.3. The molecule has 1 aliphatic carbocycles. The number of aromatic hydroxyl groups is 1. The molecule has 0 aliphatic heterocycles. The molecule has 0 spiro atoms. The Balaban J connectivity index is 2.21. The highest BCUT2D eigenvalue weighted by Gasteiger charge is 2.31. The summed E-state index contributed by atoms with van der Waals surface area (Å²) in [6, 6.07) is 5.92. The summed E-state index contributed by atoms with van der Waals surface area (Å²) in [7, 11) is 0. The van der Waals surface area contributed by atoms with E-state index in [0.717, 1.165) is 17.5 Å². The van der Waals surface area contributed by atoms with Crippen LogP contribution < -0.4 is 0 Å². The fourth-order valence-electron chi connectivity index (χ4n) is 4.38. The number of hydrogen-bond donors (Lipinski definition) is 3. The molecule has 0 aromatic heterocycles. The number of benzene rings is 1. The molecule has 0 amide bonds. The number of allylic oxidation sites excluding steroid dienone is 1. The smallest absolute Gasteiger partial charge is 0.331 e. The molecule has 0 radical (unpaired) electrons. The summed E-state index contributed by atoms with van der Waals surface area (Å²) < 4.78 is 0. The summed E-state index contributed by atoms with van der Waals surface area (Å²) in [6.45, 7) is 6.71. The average molecular weight is 389 g/mol. The van der Waals surface area contributed by atoms with Crippen molar-refractivity contribution in [2.45, 2.75) is 83.5 Å². The van der Waals surface area contributed by atoms with Gasteiger partial charge in [-0.25, -0.2) is 4.79 Å². The van der Waals surface area contributed by atoms with Crippen molar-refractivity contribution in [3.8, 4) is 5.75 Å². The van der Waals surface area contributed by atoms with Gasteiger partial charge in [-0.05, 0) is 60.1 Å². The van der Waals surface area contributed by atoms with E-state index in [0.29, 0.717) is 24.8 Å². The molecule has 1 aromatic rings. The van der Waals surface area contributed by atoms with Gasteiger partial charge >= 0.3 is 5.97 Å². The van der Waals surface area contributed by atoms with Crippen LogP contribution in [0.4, 0.5) is 0 Å². The maximum Gasteiger partial charge on any atom is 0.331 e. The summed E-state index contributed by atoms with van der Waals surface area (Å²) >= 11 is 0. The van der Waals surface area contributed by atoms with Gasteiger partial charge in [0.2, 0.25) is 0 Å². The van der Waals surface area contributed by atoms with Crippen LogP contribution in [0.2, 0.25) is 0 Å². The van der Waals surface area contributed by atoms with E-state index in [4.69, 9.17) is 0 Å². The second-order valence-corrected chi connectivity index (χ2v) is 8.82. The lowest BCUT2D eigenvalue weighted by Gasteiger charge is -2.32. The Hall–Kier alpha value is -1.81. The molecule has 0 fully saturated rings. The van der Waals surface area contributed by atoms with Crippen LogP contribution in [0.5, 0.6) is 5.75 Å². The van der Waals surface area contributed by atoms with Gasteiger partial charge in [0.1, 0.15) is 5.75 Å². The zero-order valence-corrected chi connectivity index (χ0v) is 17.6. The Labute approximate surface area is 169 Å². The molecular formula is C24H36O4. The minimum absolute atomic E-state index is 0.00700. The van der Waals surface area contributed by atoms with Crippen LogP contribution in [0.1, 0.15) is 89.2 Å². The normalized spacial score (nSPS) is 20.1. The van der Waals surface area contributed by atoms with Crippen LogP contribution in [0, 0.1) is 5.92 Å². The number of phenols is 1. The minimum atomic E-state index is -0.892. The number of carbonyl (C=O) groups is 1. The highest BCUT2D eigenvalue weighted by molar-refractivity contribution is 5.87. The molecule has 4 heteroatoms. The van der Waals surface area contributed by atoms with Gasteiger partial charge in [-0.1, -0.05) is 64.7 Å². The third kappa shape index (κ3) is 5.60. The van der Waals surface area contributed by atoms with E-state index in [1.54, 1.807) is 6.08 Å². The minimum Gasteiger partial charge on any atom is -0.508 e. The van der Waals surface area contributed by atoms with E-state index in [1.165, 1.54) is 25.7 Å². The molecular weight excluding hydrogens is 352 g/mol. The van der Waals surface area contributed by atoms with Crippen molar-refractivity contribution in [3.05, 3.63) is 41.0 Å². The monoisotopic (exact) mass is 388 g/mol. The molecule has 1 aliphatic rings. The fourth-order valence-corrected chi connectivity index (χ4v) is 4.38. The number of carboxylic acid groups (broad SMARTS) is 1. The van der Waals surface area contributed by atoms with Crippen molar-refractivity contribution in [1.29, 1.82) is 0 Å². The van der Waals surface area contributed by atoms with Gasteiger partial charge in [-0.15, -0.1) is 0 Å². The van der Waals surface area contributed by atoms with E-state index in [9.17, 15) is 20.1 Å². The van der Waals surface area contributed by atoms with Crippen LogP contribution in [-0.2, 0) is 10.2 Å². The SMILES string of the molecule is CCCCCCC(C)(C)c1ccc([C@@H]2CC(C(=O)O)=CC[C@H]2CCO)c(O)c1. The second-order valence-electron chi connectivity index (χ2n) is 8.82. The van der Waals surface area contributed by atoms with Crippen molar-refractivity contribution in [3.63, 3.8) is 0 Å². The number of phenolic OH excluding ortho intramolecular Hbond substituents is 1. The van der Waals surface area contributed by atoms with E-state index < -0.39 is 5.97 Å². The average Bonchev–Trinajstić information content (AvgIpc) is 2.66. The fraction of sp³-hybridized carbons (Fsp3) is 0.625. The molecule has 1 aromatic carbocycles. The molecule has 0 saturated carbocycles. The lowest BCUT2D eigenvalue weighted by molar-refractivity contribution is -0.133. The van der Waals surface area contributed by atoms with Gasteiger partial charge in [-0.2, -0.15) is 0 Å². The van der Waals surface area contributed by atoms with Gasteiger partial charge in [-0.3, -0.25) is 0 Å². The largest absolute Gasteiger partial charge is 0.508 e. The highest BCUT2D eigenvalue weighted by atomic mass is 16.4.